The highest BCUT2D eigenvalue weighted by Crippen LogP contribution is 2.13. The van der Waals surface area contributed by atoms with Crippen molar-refractivity contribution in [1.82, 2.24) is 10.6 Å². The van der Waals surface area contributed by atoms with E-state index in [9.17, 15) is 4.79 Å². The second-order valence-electron chi connectivity index (χ2n) is 3.98. The van der Waals surface area contributed by atoms with E-state index in [0.29, 0.717) is 5.92 Å². The van der Waals surface area contributed by atoms with Crippen LogP contribution in [0.15, 0.2) is 0 Å². The monoisotopic (exact) mass is 156 g/mol. The number of carbonyl (C=O) groups is 1. The number of amides is 1. The zero-order chi connectivity index (χ0) is 8.65. The molecule has 0 radical (unpaired) electrons. The van der Waals surface area contributed by atoms with E-state index in [2.05, 4.69) is 10.6 Å². The van der Waals surface area contributed by atoms with Crippen molar-refractivity contribution in [3.8, 4) is 0 Å². The van der Waals surface area contributed by atoms with Crippen LogP contribution in [0.3, 0.4) is 0 Å². The van der Waals surface area contributed by atoms with Crippen LogP contribution in [0, 0.1) is 5.92 Å². The number of hydrogen-bond acceptors (Lipinski definition) is 2. The molecule has 1 amide bonds. The SMILES string of the molecule is CC(C)[C@@H]1NC(C)(C)NC1=O. The van der Waals surface area contributed by atoms with Crippen LogP contribution in [-0.2, 0) is 4.79 Å². The Bertz CT molecular complexity index is 175. The maximum absolute atomic E-state index is 11.3. The molecule has 1 aliphatic rings. The zero-order valence-corrected chi connectivity index (χ0v) is 7.56. The summed E-state index contributed by atoms with van der Waals surface area (Å²) in [6.07, 6.45) is 0. The summed E-state index contributed by atoms with van der Waals surface area (Å²) in [6, 6.07) is -0.0231. The first-order chi connectivity index (χ1) is 4.92. The Morgan fingerprint density at radius 2 is 2.00 bits per heavy atom. The normalized spacial score (nSPS) is 29.2. The molecule has 0 spiro atoms. The minimum Gasteiger partial charge on any atom is -0.337 e. The predicted octanol–water partition coefficient (Wildman–Crippen LogP) is 0.466. The van der Waals surface area contributed by atoms with E-state index in [1.165, 1.54) is 0 Å². The molecular formula is C8H16N2O. The lowest BCUT2D eigenvalue weighted by Gasteiger charge is -2.19. The number of hydrogen-bond donors (Lipinski definition) is 2. The van der Waals surface area contributed by atoms with Gasteiger partial charge in [0.25, 0.3) is 0 Å². The molecule has 3 nitrogen and oxygen atoms in total. The van der Waals surface area contributed by atoms with E-state index in [0.717, 1.165) is 0 Å². The van der Waals surface area contributed by atoms with Crippen LogP contribution in [0.2, 0.25) is 0 Å². The summed E-state index contributed by atoms with van der Waals surface area (Å²) in [5.74, 6) is 0.474. The van der Waals surface area contributed by atoms with E-state index in [4.69, 9.17) is 0 Å². The molecule has 1 aliphatic heterocycles. The molecule has 0 aromatic heterocycles. The predicted molar refractivity (Wildman–Crippen MR) is 44.0 cm³/mol. The van der Waals surface area contributed by atoms with Crippen LogP contribution in [0.25, 0.3) is 0 Å². The third kappa shape index (κ3) is 1.71. The van der Waals surface area contributed by atoms with Crippen LogP contribution in [0.1, 0.15) is 27.7 Å². The Kier molecular flexibility index (Phi) is 1.92. The molecule has 11 heavy (non-hydrogen) atoms. The van der Waals surface area contributed by atoms with Crippen molar-refractivity contribution in [2.75, 3.05) is 0 Å². The maximum atomic E-state index is 11.3. The maximum Gasteiger partial charge on any atom is 0.238 e. The Morgan fingerprint density at radius 3 is 2.18 bits per heavy atom. The van der Waals surface area contributed by atoms with E-state index in [1.54, 1.807) is 0 Å². The minimum absolute atomic E-state index is 0.0231. The average Bonchev–Trinajstić information content (AvgIpc) is 2.05. The van der Waals surface area contributed by atoms with Gasteiger partial charge in [-0.3, -0.25) is 10.1 Å². The lowest BCUT2D eigenvalue weighted by Crippen LogP contribution is -2.44. The Balaban J connectivity index is 2.67. The number of rotatable bonds is 1. The van der Waals surface area contributed by atoms with Crippen LogP contribution >= 0.6 is 0 Å². The van der Waals surface area contributed by atoms with Gasteiger partial charge in [0.15, 0.2) is 0 Å². The number of nitrogens with one attached hydrogen (secondary N) is 2. The highest BCUT2D eigenvalue weighted by Gasteiger charge is 2.37. The third-order valence-electron chi connectivity index (χ3n) is 1.90. The molecule has 1 atom stereocenters. The van der Waals surface area contributed by atoms with Crippen LogP contribution < -0.4 is 10.6 Å². The molecule has 0 saturated carbocycles. The zero-order valence-electron chi connectivity index (χ0n) is 7.56. The summed E-state index contributed by atoms with van der Waals surface area (Å²) in [4.78, 5) is 11.3. The molecule has 0 aromatic rings. The Morgan fingerprint density at radius 1 is 1.45 bits per heavy atom. The molecule has 3 heteroatoms. The smallest absolute Gasteiger partial charge is 0.238 e. The molecule has 0 bridgehead atoms. The van der Waals surface area contributed by atoms with Gasteiger partial charge in [-0.1, -0.05) is 13.8 Å². The van der Waals surface area contributed by atoms with Gasteiger partial charge in [0.2, 0.25) is 5.91 Å². The standard InChI is InChI=1S/C8H16N2O/c1-5(2)6-7(11)10-8(3,4)9-6/h5-6,9H,1-4H3,(H,10,11)/t6-/m0/s1. The lowest BCUT2D eigenvalue weighted by molar-refractivity contribution is -0.121. The van der Waals surface area contributed by atoms with Crippen LogP contribution in [0.4, 0.5) is 0 Å². The Hall–Kier alpha value is -0.570. The first-order valence-corrected chi connectivity index (χ1v) is 4.02. The molecule has 0 aromatic carbocycles. The first-order valence-electron chi connectivity index (χ1n) is 4.02. The Labute approximate surface area is 67.5 Å². The minimum atomic E-state index is -0.230. The van der Waals surface area contributed by atoms with Crippen molar-refractivity contribution in [3.63, 3.8) is 0 Å². The fourth-order valence-corrected chi connectivity index (χ4v) is 1.35. The third-order valence-corrected chi connectivity index (χ3v) is 1.90. The van der Waals surface area contributed by atoms with Gasteiger partial charge < -0.3 is 5.32 Å². The summed E-state index contributed by atoms with van der Waals surface area (Å²) >= 11 is 0. The summed E-state index contributed by atoms with van der Waals surface area (Å²) in [6.45, 7) is 8.01. The fraction of sp³-hybridized carbons (Fsp3) is 0.875. The largest absolute Gasteiger partial charge is 0.337 e. The summed E-state index contributed by atoms with van der Waals surface area (Å²) in [7, 11) is 0. The topological polar surface area (TPSA) is 41.1 Å². The molecule has 1 rings (SSSR count). The van der Waals surface area contributed by atoms with Crippen molar-refractivity contribution in [2.45, 2.75) is 39.4 Å². The van der Waals surface area contributed by atoms with E-state index in [1.807, 2.05) is 27.7 Å². The van der Waals surface area contributed by atoms with Crippen LogP contribution in [-0.4, -0.2) is 17.6 Å². The van der Waals surface area contributed by atoms with Gasteiger partial charge in [-0.25, -0.2) is 0 Å². The highest BCUT2D eigenvalue weighted by molar-refractivity contribution is 5.85. The van der Waals surface area contributed by atoms with E-state index < -0.39 is 0 Å². The van der Waals surface area contributed by atoms with Gasteiger partial charge >= 0.3 is 0 Å². The highest BCUT2D eigenvalue weighted by atomic mass is 16.2. The van der Waals surface area contributed by atoms with Gasteiger partial charge in [0.05, 0.1) is 11.7 Å². The fourth-order valence-electron chi connectivity index (χ4n) is 1.35. The second-order valence-corrected chi connectivity index (χ2v) is 3.98. The quantitative estimate of drug-likeness (QED) is 0.579. The second kappa shape index (κ2) is 2.48. The molecule has 64 valence electrons. The van der Waals surface area contributed by atoms with E-state index in [-0.39, 0.29) is 17.6 Å². The summed E-state index contributed by atoms with van der Waals surface area (Å²) in [5.41, 5.74) is -0.230. The van der Waals surface area contributed by atoms with Crippen molar-refractivity contribution < 1.29 is 4.79 Å². The molecule has 1 saturated heterocycles. The first kappa shape index (κ1) is 8.53. The van der Waals surface area contributed by atoms with E-state index >= 15 is 0 Å². The van der Waals surface area contributed by atoms with Crippen molar-refractivity contribution in [1.29, 1.82) is 0 Å². The van der Waals surface area contributed by atoms with Gasteiger partial charge in [-0.15, -0.1) is 0 Å². The van der Waals surface area contributed by atoms with Gasteiger partial charge in [0, 0.05) is 0 Å². The summed E-state index contributed by atoms with van der Waals surface area (Å²) in [5, 5.41) is 6.09. The van der Waals surface area contributed by atoms with Crippen molar-refractivity contribution >= 4 is 5.91 Å². The van der Waals surface area contributed by atoms with Crippen molar-refractivity contribution in [3.05, 3.63) is 0 Å². The molecule has 0 aliphatic carbocycles. The number of carbonyl (C=O) groups excluding carboxylic acids is 1. The van der Waals surface area contributed by atoms with Gasteiger partial charge in [-0.05, 0) is 19.8 Å². The molecule has 2 N–H and O–H groups in total. The molecular weight excluding hydrogens is 140 g/mol. The average molecular weight is 156 g/mol. The van der Waals surface area contributed by atoms with Gasteiger partial charge in [-0.2, -0.15) is 0 Å². The van der Waals surface area contributed by atoms with Crippen molar-refractivity contribution in [2.24, 2.45) is 5.92 Å². The van der Waals surface area contributed by atoms with Crippen LogP contribution in [0.5, 0.6) is 0 Å². The molecule has 1 fully saturated rings. The molecule has 1 heterocycles. The summed E-state index contributed by atoms with van der Waals surface area (Å²) < 4.78 is 0. The molecule has 0 unspecified atom stereocenters. The lowest BCUT2D eigenvalue weighted by atomic mass is 10.1. The van der Waals surface area contributed by atoms with Gasteiger partial charge in [0.1, 0.15) is 0 Å².